The number of anilines is 2. The van der Waals surface area contributed by atoms with E-state index in [-0.39, 0.29) is 18.3 Å². The molecular weight excluding hydrogens is 305 g/mol. The highest BCUT2D eigenvalue weighted by atomic mass is 19.1. The molecule has 0 fully saturated rings. The molecule has 0 saturated carbocycles. The number of rotatable bonds is 3. The molecule has 0 atom stereocenters. The van der Waals surface area contributed by atoms with E-state index in [1.807, 2.05) is 0 Å². The molecule has 1 aromatic carbocycles. The molecule has 0 spiro atoms. The van der Waals surface area contributed by atoms with Crippen LogP contribution in [0, 0.1) is 5.82 Å². The van der Waals surface area contributed by atoms with Crippen molar-refractivity contribution in [3.8, 4) is 0 Å². The molecule has 3 rings (SSSR count). The summed E-state index contributed by atoms with van der Waals surface area (Å²) in [5.74, 6) is -0.553. The average molecular weight is 319 g/mol. The van der Waals surface area contributed by atoms with Crippen LogP contribution in [0.2, 0.25) is 0 Å². The van der Waals surface area contributed by atoms with E-state index in [1.165, 1.54) is 23.7 Å². The predicted octanol–water partition coefficient (Wildman–Crippen LogP) is -0.558. The van der Waals surface area contributed by atoms with Gasteiger partial charge in [-0.15, -0.1) is 5.10 Å². The Bertz CT molecular complexity index is 871. The van der Waals surface area contributed by atoms with E-state index in [9.17, 15) is 18.8 Å². The number of carbonyl (C=O) groups is 1. The highest BCUT2D eigenvalue weighted by molar-refractivity contribution is 5.75. The van der Waals surface area contributed by atoms with Gasteiger partial charge in [0.05, 0.1) is 0 Å². The van der Waals surface area contributed by atoms with Gasteiger partial charge in [-0.1, -0.05) is 0 Å². The lowest BCUT2D eigenvalue weighted by molar-refractivity contribution is -0.121. The van der Waals surface area contributed by atoms with Crippen LogP contribution in [-0.4, -0.2) is 33.8 Å². The third-order valence-electron chi connectivity index (χ3n) is 3.61. The highest BCUT2D eigenvalue weighted by Gasteiger charge is 2.26. The molecular formula is C14H14FN5O3. The van der Waals surface area contributed by atoms with Crippen LogP contribution >= 0.6 is 0 Å². The quantitative estimate of drug-likeness (QED) is 0.766. The molecule has 1 aliphatic rings. The number of benzene rings is 1. The molecule has 0 aliphatic carbocycles. The Balaban J connectivity index is 2.08. The maximum Gasteiger partial charge on any atom is 0.333 e. The van der Waals surface area contributed by atoms with Crippen molar-refractivity contribution in [2.24, 2.45) is 0 Å². The van der Waals surface area contributed by atoms with Crippen molar-refractivity contribution in [3.63, 3.8) is 0 Å². The maximum atomic E-state index is 13.1. The van der Waals surface area contributed by atoms with Gasteiger partial charge in [-0.2, -0.15) is 0 Å². The van der Waals surface area contributed by atoms with Gasteiger partial charge < -0.3 is 10.2 Å². The van der Waals surface area contributed by atoms with Crippen molar-refractivity contribution in [2.75, 3.05) is 18.5 Å². The summed E-state index contributed by atoms with van der Waals surface area (Å²) >= 11 is 0. The second kappa shape index (κ2) is 5.67. The van der Waals surface area contributed by atoms with Crippen molar-refractivity contribution in [1.82, 2.24) is 19.7 Å². The van der Waals surface area contributed by atoms with Crippen LogP contribution in [0.5, 0.6) is 0 Å². The molecule has 0 saturated heterocycles. The molecule has 1 N–H and O–H groups in total. The SMILES string of the molecule is CNC(=O)Cn1nc2n(c(=O)c1=O)CCN2c1ccc(F)cc1. The molecule has 120 valence electrons. The standard InChI is InChI=1S/C14H14FN5O3/c1-16-11(21)8-20-13(23)12(22)19-7-6-18(14(19)17-20)10-4-2-9(15)3-5-10/h2-5H,6-8H2,1H3,(H,16,21). The molecule has 23 heavy (non-hydrogen) atoms. The molecule has 9 heteroatoms. The number of likely N-dealkylation sites (N-methyl/N-ethyl adjacent to an activating group) is 1. The lowest BCUT2D eigenvalue weighted by atomic mass is 10.3. The largest absolute Gasteiger partial charge is 0.358 e. The highest BCUT2D eigenvalue weighted by Crippen LogP contribution is 2.26. The Morgan fingerprint density at radius 1 is 1.22 bits per heavy atom. The molecule has 0 bridgehead atoms. The summed E-state index contributed by atoms with van der Waals surface area (Å²) in [6, 6.07) is 5.73. The van der Waals surface area contributed by atoms with Gasteiger partial charge in [0.2, 0.25) is 11.9 Å². The zero-order valence-corrected chi connectivity index (χ0v) is 12.3. The van der Waals surface area contributed by atoms with Crippen molar-refractivity contribution in [1.29, 1.82) is 0 Å². The number of halogens is 1. The van der Waals surface area contributed by atoms with Gasteiger partial charge in [0.25, 0.3) is 0 Å². The monoisotopic (exact) mass is 319 g/mol. The first-order chi connectivity index (χ1) is 11.0. The van der Waals surface area contributed by atoms with Gasteiger partial charge in [0.1, 0.15) is 12.4 Å². The van der Waals surface area contributed by atoms with Gasteiger partial charge in [0.15, 0.2) is 0 Å². The van der Waals surface area contributed by atoms with Crippen molar-refractivity contribution in [3.05, 3.63) is 50.8 Å². The molecule has 2 aromatic rings. The molecule has 1 aliphatic heterocycles. The van der Waals surface area contributed by atoms with E-state index in [0.717, 1.165) is 4.68 Å². The first-order valence-corrected chi connectivity index (χ1v) is 6.97. The van der Waals surface area contributed by atoms with E-state index in [2.05, 4.69) is 10.4 Å². The van der Waals surface area contributed by atoms with Crippen molar-refractivity contribution >= 4 is 17.5 Å². The first-order valence-electron chi connectivity index (χ1n) is 6.97. The molecule has 0 unspecified atom stereocenters. The zero-order valence-electron chi connectivity index (χ0n) is 12.3. The van der Waals surface area contributed by atoms with Crippen LogP contribution < -0.4 is 21.3 Å². The second-order valence-corrected chi connectivity index (χ2v) is 5.02. The van der Waals surface area contributed by atoms with E-state index >= 15 is 0 Å². The van der Waals surface area contributed by atoms with E-state index in [4.69, 9.17) is 0 Å². The number of nitrogens with zero attached hydrogens (tertiary/aromatic N) is 4. The lowest BCUT2D eigenvalue weighted by Gasteiger charge is -2.17. The summed E-state index contributed by atoms with van der Waals surface area (Å²) in [6.07, 6.45) is 0. The van der Waals surface area contributed by atoms with Crippen LogP contribution in [-0.2, 0) is 17.9 Å². The number of amides is 1. The smallest absolute Gasteiger partial charge is 0.333 e. The minimum absolute atomic E-state index is 0.255. The summed E-state index contributed by atoms with van der Waals surface area (Å²) in [4.78, 5) is 37.3. The Hall–Kier alpha value is -2.97. The zero-order chi connectivity index (χ0) is 16.6. The molecule has 0 radical (unpaired) electrons. The Labute approximate surface area is 129 Å². The summed E-state index contributed by atoms with van der Waals surface area (Å²) in [5.41, 5.74) is -0.934. The third-order valence-corrected chi connectivity index (χ3v) is 3.61. The van der Waals surface area contributed by atoms with Crippen molar-refractivity contribution in [2.45, 2.75) is 13.1 Å². The number of nitrogens with one attached hydrogen (secondary N) is 1. The van der Waals surface area contributed by atoms with Gasteiger partial charge >= 0.3 is 11.1 Å². The number of aromatic nitrogens is 3. The van der Waals surface area contributed by atoms with Crippen LogP contribution in [0.1, 0.15) is 0 Å². The summed E-state index contributed by atoms with van der Waals surface area (Å²) < 4.78 is 15.2. The van der Waals surface area contributed by atoms with E-state index < -0.39 is 17.0 Å². The Morgan fingerprint density at radius 3 is 2.57 bits per heavy atom. The van der Waals surface area contributed by atoms with Gasteiger partial charge in [0, 0.05) is 25.8 Å². The van der Waals surface area contributed by atoms with Crippen LogP contribution in [0.25, 0.3) is 0 Å². The third kappa shape index (κ3) is 2.60. The number of hydrogen-bond donors (Lipinski definition) is 1. The predicted molar refractivity (Wildman–Crippen MR) is 80.2 cm³/mol. The molecule has 1 amide bonds. The summed E-state index contributed by atoms with van der Waals surface area (Å²) in [7, 11) is 1.43. The fraction of sp³-hybridized carbons (Fsp3) is 0.286. The lowest BCUT2D eigenvalue weighted by Crippen LogP contribution is -2.44. The minimum atomic E-state index is -0.849. The second-order valence-electron chi connectivity index (χ2n) is 5.02. The van der Waals surface area contributed by atoms with Gasteiger partial charge in [-0.05, 0) is 24.3 Å². The van der Waals surface area contributed by atoms with Gasteiger partial charge in [-0.25, -0.2) is 9.07 Å². The van der Waals surface area contributed by atoms with E-state index in [1.54, 1.807) is 17.0 Å². The van der Waals surface area contributed by atoms with Crippen LogP contribution in [0.4, 0.5) is 16.0 Å². The Kier molecular flexibility index (Phi) is 3.68. The van der Waals surface area contributed by atoms with E-state index in [0.29, 0.717) is 18.8 Å². The molecule has 8 nitrogen and oxygen atoms in total. The fourth-order valence-electron chi connectivity index (χ4n) is 2.41. The summed E-state index contributed by atoms with van der Waals surface area (Å²) in [5, 5.41) is 6.49. The number of fused-ring (bicyclic) bond motifs is 1. The first kappa shape index (κ1) is 14.9. The maximum absolute atomic E-state index is 13.1. The fourth-order valence-corrected chi connectivity index (χ4v) is 2.41. The Morgan fingerprint density at radius 2 is 1.91 bits per heavy atom. The van der Waals surface area contributed by atoms with Gasteiger partial charge in [-0.3, -0.25) is 19.0 Å². The van der Waals surface area contributed by atoms with Crippen LogP contribution in [0.15, 0.2) is 33.9 Å². The number of hydrogen-bond acceptors (Lipinski definition) is 5. The van der Waals surface area contributed by atoms with Crippen molar-refractivity contribution < 1.29 is 9.18 Å². The number of carbonyl (C=O) groups excluding carboxylic acids is 1. The van der Waals surface area contributed by atoms with Crippen LogP contribution in [0.3, 0.4) is 0 Å². The minimum Gasteiger partial charge on any atom is -0.358 e. The normalized spacial score (nSPS) is 13.0. The molecule has 2 heterocycles. The topological polar surface area (TPSA) is 89.2 Å². The average Bonchev–Trinajstić information content (AvgIpc) is 2.96. The molecule has 1 aromatic heterocycles. The summed E-state index contributed by atoms with van der Waals surface area (Å²) in [6.45, 7) is 0.390.